The van der Waals surface area contributed by atoms with Crippen LogP contribution in [0.5, 0.6) is 0 Å². The van der Waals surface area contributed by atoms with Crippen LogP contribution in [0.1, 0.15) is 37.0 Å². The highest BCUT2D eigenvalue weighted by Gasteiger charge is 2.28. The van der Waals surface area contributed by atoms with Crippen LogP contribution in [-0.4, -0.2) is 23.2 Å². The fourth-order valence-corrected chi connectivity index (χ4v) is 2.10. The Hall–Kier alpha value is -0.940. The third-order valence-corrected chi connectivity index (χ3v) is 3.90. The van der Waals surface area contributed by atoms with Crippen LogP contribution in [0, 0.1) is 5.82 Å². The molecule has 0 aromatic heterocycles. The number of benzene rings is 1. The zero-order chi connectivity index (χ0) is 13.8. The lowest BCUT2D eigenvalue weighted by atomic mass is 9.93. The molecule has 5 heteroatoms. The van der Waals surface area contributed by atoms with Crippen molar-refractivity contribution in [3.63, 3.8) is 0 Å². The van der Waals surface area contributed by atoms with Crippen molar-refractivity contribution in [1.29, 1.82) is 0 Å². The van der Waals surface area contributed by atoms with Crippen LogP contribution in [0.25, 0.3) is 0 Å². The molecule has 1 amide bonds. The van der Waals surface area contributed by atoms with Gasteiger partial charge < -0.3 is 10.4 Å². The number of carbonyl (C=O) groups is 1. The SMILES string of the molecule is CCC(CC)(CO)NC(=O)c1cc(F)ccc1Br. The summed E-state index contributed by atoms with van der Waals surface area (Å²) in [5.41, 5.74) is -0.419. The van der Waals surface area contributed by atoms with Gasteiger partial charge in [0.25, 0.3) is 5.91 Å². The minimum atomic E-state index is -0.650. The van der Waals surface area contributed by atoms with Gasteiger partial charge in [0.2, 0.25) is 0 Å². The van der Waals surface area contributed by atoms with E-state index in [0.29, 0.717) is 17.3 Å². The lowest BCUT2D eigenvalue weighted by molar-refractivity contribution is 0.0816. The molecule has 0 aliphatic rings. The van der Waals surface area contributed by atoms with E-state index < -0.39 is 11.4 Å². The van der Waals surface area contributed by atoms with Crippen molar-refractivity contribution in [3.05, 3.63) is 34.1 Å². The fraction of sp³-hybridized carbons (Fsp3) is 0.462. The van der Waals surface area contributed by atoms with E-state index in [1.165, 1.54) is 18.2 Å². The zero-order valence-electron chi connectivity index (χ0n) is 10.5. The second-order valence-electron chi connectivity index (χ2n) is 4.22. The number of carbonyl (C=O) groups excluding carboxylic acids is 1. The van der Waals surface area contributed by atoms with Crippen molar-refractivity contribution in [2.24, 2.45) is 0 Å². The first-order valence-corrected chi connectivity index (χ1v) is 6.65. The first kappa shape index (κ1) is 15.1. The highest BCUT2D eigenvalue weighted by molar-refractivity contribution is 9.10. The van der Waals surface area contributed by atoms with Crippen molar-refractivity contribution < 1.29 is 14.3 Å². The molecule has 1 rings (SSSR count). The Kier molecular flexibility index (Phi) is 5.28. The van der Waals surface area contributed by atoms with Gasteiger partial charge in [0.1, 0.15) is 5.82 Å². The summed E-state index contributed by atoms with van der Waals surface area (Å²) in [6.07, 6.45) is 1.22. The maximum absolute atomic E-state index is 13.1. The number of amides is 1. The Balaban J connectivity index is 2.97. The highest BCUT2D eigenvalue weighted by atomic mass is 79.9. The van der Waals surface area contributed by atoms with Crippen molar-refractivity contribution in [1.82, 2.24) is 5.32 Å². The summed E-state index contributed by atoms with van der Waals surface area (Å²) in [5.74, 6) is -0.856. The number of aliphatic hydroxyl groups is 1. The molecule has 0 aliphatic heterocycles. The number of halogens is 2. The molecule has 0 saturated heterocycles. The molecule has 0 spiro atoms. The highest BCUT2D eigenvalue weighted by Crippen LogP contribution is 2.20. The second kappa shape index (κ2) is 6.29. The normalized spacial score (nSPS) is 11.4. The van der Waals surface area contributed by atoms with Crippen LogP contribution in [0.4, 0.5) is 4.39 Å². The molecular formula is C13H17BrFNO2. The van der Waals surface area contributed by atoms with Gasteiger partial charge in [-0.1, -0.05) is 13.8 Å². The average molecular weight is 318 g/mol. The summed E-state index contributed by atoms with van der Waals surface area (Å²) in [6, 6.07) is 3.94. The summed E-state index contributed by atoms with van der Waals surface area (Å²) < 4.78 is 13.7. The Labute approximate surface area is 115 Å². The Morgan fingerprint density at radius 2 is 2.06 bits per heavy atom. The maximum atomic E-state index is 13.1. The molecule has 0 aliphatic carbocycles. The quantitative estimate of drug-likeness (QED) is 0.877. The van der Waals surface area contributed by atoms with Gasteiger partial charge in [-0.05, 0) is 47.0 Å². The van der Waals surface area contributed by atoms with Gasteiger partial charge in [-0.2, -0.15) is 0 Å². The summed E-state index contributed by atoms with van der Waals surface area (Å²) >= 11 is 3.21. The fourth-order valence-electron chi connectivity index (χ4n) is 1.67. The zero-order valence-corrected chi connectivity index (χ0v) is 12.1. The maximum Gasteiger partial charge on any atom is 0.253 e. The second-order valence-corrected chi connectivity index (χ2v) is 5.08. The molecule has 0 unspecified atom stereocenters. The van der Waals surface area contributed by atoms with E-state index in [9.17, 15) is 14.3 Å². The molecule has 0 bridgehead atoms. The van der Waals surface area contributed by atoms with Gasteiger partial charge >= 0.3 is 0 Å². The minimum absolute atomic E-state index is 0.140. The van der Waals surface area contributed by atoms with Gasteiger partial charge in [0.15, 0.2) is 0 Å². The van der Waals surface area contributed by atoms with Gasteiger partial charge in [0, 0.05) is 4.47 Å². The van der Waals surface area contributed by atoms with E-state index in [1.807, 2.05) is 13.8 Å². The predicted molar refractivity (Wildman–Crippen MR) is 72.0 cm³/mol. The Bertz CT molecular complexity index is 425. The van der Waals surface area contributed by atoms with Gasteiger partial charge in [-0.15, -0.1) is 0 Å². The van der Waals surface area contributed by atoms with Crippen LogP contribution >= 0.6 is 15.9 Å². The van der Waals surface area contributed by atoms with Gasteiger partial charge in [0.05, 0.1) is 17.7 Å². The number of hydrogen-bond donors (Lipinski definition) is 2. The molecule has 1 aromatic carbocycles. The lowest BCUT2D eigenvalue weighted by Crippen LogP contribution is -2.50. The molecule has 0 fully saturated rings. The van der Waals surface area contributed by atoms with E-state index in [0.717, 1.165) is 0 Å². The predicted octanol–water partition coefficient (Wildman–Crippen LogP) is 2.87. The lowest BCUT2D eigenvalue weighted by Gasteiger charge is -2.30. The number of nitrogens with one attached hydrogen (secondary N) is 1. The van der Waals surface area contributed by atoms with E-state index in [4.69, 9.17) is 0 Å². The molecular weight excluding hydrogens is 301 g/mol. The topological polar surface area (TPSA) is 49.3 Å². The average Bonchev–Trinajstić information content (AvgIpc) is 2.38. The van der Waals surface area contributed by atoms with Crippen LogP contribution in [-0.2, 0) is 0 Å². The molecule has 3 nitrogen and oxygen atoms in total. The first-order chi connectivity index (χ1) is 8.48. The summed E-state index contributed by atoms with van der Waals surface area (Å²) in [5, 5.41) is 12.2. The third-order valence-electron chi connectivity index (χ3n) is 3.21. The van der Waals surface area contributed by atoms with E-state index in [-0.39, 0.29) is 18.1 Å². The monoisotopic (exact) mass is 317 g/mol. The van der Waals surface area contributed by atoms with Crippen LogP contribution < -0.4 is 5.32 Å². The van der Waals surface area contributed by atoms with Crippen molar-refractivity contribution in [2.45, 2.75) is 32.2 Å². The van der Waals surface area contributed by atoms with E-state index in [2.05, 4.69) is 21.2 Å². The molecule has 100 valence electrons. The van der Waals surface area contributed by atoms with Gasteiger partial charge in [-0.25, -0.2) is 4.39 Å². The molecule has 0 heterocycles. The van der Waals surface area contributed by atoms with Crippen LogP contribution in [0.15, 0.2) is 22.7 Å². The smallest absolute Gasteiger partial charge is 0.253 e. The molecule has 1 aromatic rings. The molecule has 18 heavy (non-hydrogen) atoms. The number of rotatable bonds is 5. The minimum Gasteiger partial charge on any atom is -0.394 e. The third kappa shape index (κ3) is 3.29. The standard InChI is InChI=1S/C13H17BrFNO2/c1-3-13(4-2,8-17)16-12(18)10-7-9(15)5-6-11(10)14/h5-7,17H,3-4,8H2,1-2H3,(H,16,18). The molecule has 0 atom stereocenters. The summed E-state index contributed by atoms with van der Waals surface area (Å²) in [4.78, 5) is 12.1. The van der Waals surface area contributed by atoms with Crippen molar-refractivity contribution in [2.75, 3.05) is 6.61 Å². The molecule has 0 radical (unpaired) electrons. The first-order valence-electron chi connectivity index (χ1n) is 5.86. The summed E-state index contributed by atoms with van der Waals surface area (Å²) in [6.45, 7) is 3.64. The van der Waals surface area contributed by atoms with E-state index >= 15 is 0 Å². The van der Waals surface area contributed by atoms with Crippen LogP contribution in [0.2, 0.25) is 0 Å². The molecule has 0 saturated carbocycles. The number of aliphatic hydroxyl groups excluding tert-OH is 1. The van der Waals surface area contributed by atoms with Crippen molar-refractivity contribution in [3.8, 4) is 0 Å². The van der Waals surface area contributed by atoms with Crippen molar-refractivity contribution >= 4 is 21.8 Å². The van der Waals surface area contributed by atoms with E-state index in [1.54, 1.807) is 0 Å². The number of hydrogen-bond acceptors (Lipinski definition) is 2. The van der Waals surface area contributed by atoms with Crippen LogP contribution in [0.3, 0.4) is 0 Å². The largest absolute Gasteiger partial charge is 0.394 e. The summed E-state index contributed by atoms with van der Waals surface area (Å²) in [7, 11) is 0. The van der Waals surface area contributed by atoms with Gasteiger partial charge in [-0.3, -0.25) is 4.79 Å². The Morgan fingerprint density at radius 3 is 2.56 bits per heavy atom. The Morgan fingerprint density at radius 1 is 1.44 bits per heavy atom. The molecule has 2 N–H and O–H groups in total.